The number of hydrogen-bond acceptors (Lipinski definition) is 3. The first-order valence-electron chi connectivity index (χ1n) is 3.13. The van der Waals surface area contributed by atoms with Crippen molar-refractivity contribution >= 4 is 11.7 Å². The van der Waals surface area contributed by atoms with Gasteiger partial charge in [0.05, 0.1) is 0 Å². The summed E-state index contributed by atoms with van der Waals surface area (Å²) >= 11 is 0. The molecule has 0 saturated heterocycles. The third kappa shape index (κ3) is 1.83. The summed E-state index contributed by atoms with van der Waals surface area (Å²) in [4.78, 5) is 8.00. The van der Waals surface area contributed by atoms with Crippen LogP contribution in [0.3, 0.4) is 0 Å². The van der Waals surface area contributed by atoms with Gasteiger partial charge < -0.3 is 5.73 Å². The second kappa shape index (κ2) is 2.62. The zero-order valence-corrected chi connectivity index (χ0v) is 5.59. The van der Waals surface area contributed by atoms with Crippen LogP contribution in [0.25, 0.3) is 0 Å². The average molecular weight is 125 g/mol. The van der Waals surface area contributed by atoms with Crippen molar-refractivity contribution in [3.05, 3.63) is 0 Å². The number of nitrogens with two attached hydrogens (primary N) is 1. The fraction of sp³-hybridized carbons (Fsp3) is 0.667. The molecule has 3 nitrogen and oxygen atoms in total. The molecule has 0 aromatic rings. The molecule has 0 aromatic carbocycles. The van der Waals surface area contributed by atoms with Crippen molar-refractivity contribution < 1.29 is 0 Å². The molecule has 1 rings (SSSR count). The Hall–Kier alpha value is -0.860. The quantitative estimate of drug-likeness (QED) is 0.505. The monoisotopic (exact) mass is 125 g/mol. The molecular weight excluding hydrogens is 114 g/mol. The van der Waals surface area contributed by atoms with Gasteiger partial charge in [-0.1, -0.05) is 0 Å². The maximum absolute atomic E-state index is 5.39. The van der Waals surface area contributed by atoms with E-state index >= 15 is 0 Å². The lowest BCUT2D eigenvalue weighted by Crippen LogP contribution is -2.08. The molecule has 1 aliphatic heterocycles. The Morgan fingerprint density at radius 3 is 3.11 bits per heavy atom. The van der Waals surface area contributed by atoms with Crippen LogP contribution in [0.15, 0.2) is 9.98 Å². The Kier molecular flexibility index (Phi) is 1.82. The van der Waals surface area contributed by atoms with E-state index in [0.717, 1.165) is 25.1 Å². The molecule has 0 atom stereocenters. The largest absolute Gasteiger partial charge is 0.368 e. The number of nitrogens with zero attached hydrogens (tertiary/aromatic N) is 2. The normalized spacial score (nSPS) is 20.1. The molecule has 0 aromatic heterocycles. The summed E-state index contributed by atoms with van der Waals surface area (Å²) in [5.74, 6) is 0.435. The first-order valence-corrected chi connectivity index (χ1v) is 3.13. The van der Waals surface area contributed by atoms with Crippen LogP contribution in [0, 0.1) is 0 Å². The van der Waals surface area contributed by atoms with Gasteiger partial charge in [-0.15, -0.1) is 0 Å². The Morgan fingerprint density at radius 2 is 2.33 bits per heavy atom. The average Bonchev–Trinajstić information content (AvgIpc) is 1.93. The van der Waals surface area contributed by atoms with Crippen molar-refractivity contribution in [3.8, 4) is 0 Å². The van der Waals surface area contributed by atoms with Crippen LogP contribution < -0.4 is 5.73 Å². The van der Waals surface area contributed by atoms with Crippen LogP contribution in [0.4, 0.5) is 0 Å². The molecule has 3 heteroatoms. The molecule has 2 N–H and O–H groups in total. The topological polar surface area (TPSA) is 50.7 Å². The number of aliphatic imine (C=N–C) groups is 2. The molecule has 1 aliphatic rings. The summed E-state index contributed by atoms with van der Waals surface area (Å²) < 4.78 is 0. The molecular formula is C6H11N3. The number of hydrogen-bond donors (Lipinski definition) is 1. The Bertz CT molecular complexity index is 158. The van der Waals surface area contributed by atoms with Crippen LogP contribution in [0.2, 0.25) is 0 Å². The van der Waals surface area contributed by atoms with Crippen LogP contribution in [-0.4, -0.2) is 18.2 Å². The minimum absolute atomic E-state index is 0.435. The number of guanidine groups is 1. The predicted molar refractivity (Wildman–Crippen MR) is 38.8 cm³/mol. The van der Waals surface area contributed by atoms with Crippen molar-refractivity contribution in [1.29, 1.82) is 0 Å². The van der Waals surface area contributed by atoms with Crippen molar-refractivity contribution in [3.63, 3.8) is 0 Å². The zero-order valence-electron chi connectivity index (χ0n) is 5.59. The van der Waals surface area contributed by atoms with Crippen LogP contribution in [0.5, 0.6) is 0 Å². The third-order valence-corrected chi connectivity index (χ3v) is 1.28. The fourth-order valence-electron chi connectivity index (χ4n) is 0.815. The SMILES string of the molecule is CC1=NC(N)=NCCC1. The van der Waals surface area contributed by atoms with E-state index < -0.39 is 0 Å². The Labute approximate surface area is 54.7 Å². The lowest BCUT2D eigenvalue weighted by Gasteiger charge is -1.90. The minimum Gasteiger partial charge on any atom is -0.368 e. The Morgan fingerprint density at radius 1 is 1.56 bits per heavy atom. The molecule has 0 amide bonds. The van der Waals surface area contributed by atoms with Gasteiger partial charge in [0.2, 0.25) is 5.96 Å². The van der Waals surface area contributed by atoms with Gasteiger partial charge in [-0.3, -0.25) is 4.99 Å². The summed E-state index contributed by atoms with van der Waals surface area (Å²) in [6.07, 6.45) is 2.11. The molecule has 9 heavy (non-hydrogen) atoms. The summed E-state index contributed by atoms with van der Waals surface area (Å²) in [5.41, 5.74) is 6.48. The molecule has 0 spiro atoms. The minimum atomic E-state index is 0.435. The molecule has 0 fully saturated rings. The molecule has 0 radical (unpaired) electrons. The van der Waals surface area contributed by atoms with Crippen LogP contribution >= 0.6 is 0 Å². The maximum atomic E-state index is 5.39. The van der Waals surface area contributed by atoms with Gasteiger partial charge in [0.25, 0.3) is 0 Å². The molecule has 50 valence electrons. The van der Waals surface area contributed by atoms with Gasteiger partial charge in [0.1, 0.15) is 0 Å². The first-order chi connectivity index (χ1) is 4.29. The van der Waals surface area contributed by atoms with E-state index in [2.05, 4.69) is 9.98 Å². The highest BCUT2D eigenvalue weighted by Gasteiger charge is 1.97. The standard InChI is InChI=1S/C6H11N3/c1-5-3-2-4-8-6(7)9-5/h2-4H2,1H3,(H2,7,8). The maximum Gasteiger partial charge on any atom is 0.215 e. The molecule has 0 saturated carbocycles. The Balaban J connectivity index is 2.67. The van der Waals surface area contributed by atoms with E-state index in [4.69, 9.17) is 5.73 Å². The van der Waals surface area contributed by atoms with Gasteiger partial charge >= 0.3 is 0 Å². The molecule has 0 aliphatic carbocycles. The molecule has 0 unspecified atom stereocenters. The highest BCUT2D eigenvalue weighted by molar-refractivity contribution is 5.95. The van der Waals surface area contributed by atoms with E-state index in [0.29, 0.717) is 5.96 Å². The van der Waals surface area contributed by atoms with Gasteiger partial charge in [-0.25, -0.2) is 4.99 Å². The van der Waals surface area contributed by atoms with Gasteiger partial charge in [-0.05, 0) is 19.8 Å². The molecule has 0 bridgehead atoms. The zero-order chi connectivity index (χ0) is 6.69. The van der Waals surface area contributed by atoms with Crippen LogP contribution in [0.1, 0.15) is 19.8 Å². The van der Waals surface area contributed by atoms with Gasteiger partial charge in [-0.2, -0.15) is 0 Å². The lowest BCUT2D eigenvalue weighted by molar-refractivity contribution is 0.885. The number of rotatable bonds is 0. The van der Waals surface area contributed by atoms with Crippen molar-refractivity contribution in [2.45, 2.75) is 19.8 Å². The van der Waals surface area contributed by atoms with E-state index in [-0.39, 0.29) is 0 Å². The van der Waals surface area contributed by atoms with Crippen molar-refractivity contribution in [2.75, 3.05) is 6.54 Å². The highest BCUT2D eigenvalue weighted by atomic mass is 15.0. The second-order valence-electron chi connectivity index (χ2n) is 2.19. The second-order valence-corrected chi connectivity index (χ2v) is 2.19. The lowest BCUT2D eigenvalue weighted by atomic mass is 10.2. The molecule has 1 heterocycles. The predicted octanol–water partition coefficient (Wildman–Crippen LogP) is 0.556. The van der Waals surface area contributed by atoms with E-state index in [9.17, 15) is 0 Å². The van der Waals surface area contributed by atoms with E-state index in [1.807, 2.05) is 6.92 Å². The summed E-state index contributed by atoms with van der Waals surface area (Å²) in [6.45, 7) is 2.81. The fourth-order valence-corrected chi connectivity index (χ4v) is 0.815. The summed E-state index contributed by atoms with van der Waals surface area (Å²) in [5, 5.41) is 0. The summed E-state index contributed by atoms with van der Waals surface area (Å²) in [7, 11) is 0. The first kappa shape index (κ1) is 6.26. The smallest absolute Gasteiger partial charge is 0.215 e. The van der Waals surface area contributed by atoms with Crippen molar-refractivity contribution in [1.82, 2.24) is 0 Å². The highest BCUT2D eigenvalue weighted by Crippen LogP contribution is 1.97. The van der Waals surface area contributed by atoms with Gasteiger partial charge in [0, 0.05) is 12.3 Å². The van der Waals surface area contributed by atoms with Crippen molar-refractivity contribution in [2.24, 2.45) is 15.7 Å². The summed E-state index contributed by atoms with van der Waals surface area (Å²) in [6, 6.07) is 0. The van der Waals surface area contributed by atoms with Gasteiger partial charge in [0.15, 0.2) is 0 Å². The third-order valence-electron chi connectivity index (χ3n) is 1.28. The van der Waals surface area contributed by atoms with E-state index in [1.165, 1.54) is 0 Å². The van der Waals surface area contributed by atoms with E-state index in [1.54, 1.807) is 0 Å². The van der Waals surface area contributed by atoms with Crippen LogP contribution in [-0.2, 0) is 0 Å².